The van der Waals surface area contributed by atoms with Crippen LogP contribution in [0.4, 0.5) is 0 Å². The zero-order valence-corrected chi connectivity index (χ0v) is 20.2. The van der Waals surface area contributed by atoms with E-state index in [1.54, 1.807) is 0 Å². The number of aliphatic imine (C=N–C) groups is 1. The van der Waals surface area contributed by atoms with E-state index < -0.39 is 0 Å². The second-order valence-electron chi connectivity index (χ2n) is 7.54. The first kappa shape index (κ1) is 24.2. The van der Waals surface area contributed by atoms with E-state index in [1.807, 2.05) is 11.7 Å². The molecule has 2 N–H and O–H groups in total. The lowest BCUT2D eigenvalue weighted by Gasteiger charge is -2.20. The van der Waals surface area contributed by atoms with Crippen LogP contribution in [-0.4, -0.2) is 59.4 Å². The Morgan fingerprint density at radius 1 is 1.19 bits per heavy atom. The molecule has 156 valence electrons. The Kier molecular flexibility index (Phi) is 11.3. The number of nitrogens with zero attached hydrogens (tertiary/aromatic N) is 4. The first-order valence-corrected chi connectivity index (χ1v) is 10.3. The van der Waals surface area contributed by atoms with Gasteiger partial charge in [0.15, 0.2) is 5.96 Å². The van der Waals surface area contributed by atoms with Crippen LogP contribution in [0, 0.1) is 13.8 Å². The summed E-state index contributed by atoms with van der Waals surface area (Å²) in [4.78, 5) is 7.36. The predicted octanol–water partition coefficient (Wildman–Crippen LogP) is 3.02. The van der Waals surface area contributed by atoms with Gasteiger partial charge in [0.25, 0.3) is 0 Å². The lowest BCUT2D eigenvalue weighted by Crippen LogP contribution is -2.43. The fraction of sp³-hybridized carbons (Fsp3) is 0.800. The van der Waals surface area contributed by atoms with Crippen molar-refractivity contribution in [3.63, 3.8) is 0 Å². The van der Waals surface area contributed by atoms with Crippen LogP contribution in [0.25, 0.3) is 0 Å². The van der Waals surface area contributed by atoms with Crippen LogP contribution < -0.4 is 10.6 Å². The lowest BCUT2D eigenvalue weighted by molar-refractivity contribution is 0.293. The summed E-state index contributed by atoms with van der Waals surface area (Å²) in [5, 5.41) is 11.5. The van der Waals surface area contributed by atoms with Gasteiger partial charge in [-0.1, -0.05) is 12.8 Å². The number of aromatic nitrogens is 2. The third-order valence-electron chi connectivity index (χ3n) is 5.28. The average molecular weight is 490 g/mol. The van der Waals surface area contributed by atoms with Crippen molar-refractivity contribution >= 4 is 29.9 Å². The number of hydrogen-bond donors (Lipinski definition) is 2. The molecule has 1 aliphatic rings. The maximum Gasteiger partial charge on any atom is 0.191 e. The topological polar surface area (TPSA) is 57.5 Å². The van der Waals surface area contributed by atoms with Crippen LogP contribution >= 0.6 is 24.0 Å². The summed E-state index contributed by atoms with van der Waals surface area (Å²) in [5.74, 6) is 0.925. The number of rotatable bonds is 7. The second kappa shape index (κ2) is 12.6. The fourth-order valence-corrected chi connectivity index (χ4v) is 3.69. The van der Waals surface area contributed by atoms with E-state index in [9.17, 15) is 0 Å². The summed E-state index contributed by atoms with van der Waals surface area (Å²) in [6, 6.07) is 0.313. The highest BCUT2D eigenvalue weighted by Crippen LogP contribution is 2.14. The average Bonchev–Trinajstić information content (AvgIpc) is 2.79. The van der Waals surface area contributed by atoms with Gasteiger partial charge in [-0.05, 0) is 65.6 Å². The smallest absolute Gasteiger partial charge is 0.191 e. The van der Waals surface area contributed by atoms with Crippen LogP contribution in [0.1, 0.15) is 56.5 Å². The summed E-state index contributed by atoms with van der Waals surface area (Å²) in [5.41, 5.74) is 3.72. The molecule has 0 amide bonds. The first-order chi connectivity index (χ1) is 12.5. The van der Waals surface area contributed by atoms with E-state index >= 15 is 0 Å². The molecule has 1 atom stereocenters. The number of aryl methyl sites for hydroxylation is 2. The highest BCUT2D eigenvalue weighted by atomic mass is 127. The van der Waals surface area contributed by atoms with E-state index in [2.05, 4.69) is 48.3 Å². The lowest BCUT2D eigenvalue weighted by atomic mass is 10.1. The van der Waals surface area contributed by atoms with Crippen molar-refractivity contribution in [2.75, 3.05) is 32.7 Å². The van der Waals surface area contributed by atoms with Gasteiger partial charge in [0.05, 0.1) is 12.2 Å². The molecule has 1 aromatic rings. The zero-order valence-electron chi connectivity index (χ0n) is 17.8. The van der Waals surface area contributed by atoms with Gasteiger partial charge >= 0.3 is 0 Å². The highest BCUT2D eigenvalue weighted by molar-refractivity contribution is 14.0. The minimum absolute atomic E-state index is 0. The van der Waals surface area contributed by atoms with Crippen LogP contribution in [0.15, 0.2) is 4.99 Å². The van der Waals surface area contributed by atoms with E-state index in [0.29, 0.717) is 6.04 Å². The van der Waals surface area contributed by atoms with E-state index in [1.165, 1.54) is 50.0 Å². The molecule has 0 bridgehead atoms. The van der Waals surface area contributed by atoms with E-state index in [4.69, 9.17) is 4.99 Å². The van der Waals surface area contributed by atoms with Crippen LogP contribution in [0.2, 0.25) is 0 Å². The maximum atomic E-state index is 4.80. The normalized spacial score (nSPS) is 17.1. The molecule has 0 radical (unpaired) electrons. The van der Waals surface area contributed by atoms with E-state index in [0.717, 1.165) is 37.7 Å². The standard InChI is InChI=1S/C20H38N6.HI/c1-6-21-20(22-11-14-26-12-9-7-8-10-13-26)23-16(2)15-19-17(3)24-25(5)18(19)4;/h16H,6-15H2,1-5H3,(H2,21,22,23);1H. The predicted molar refractivity (Wildman–Crippen MR) is 125 cm³/mol. The summed E-state index contributed by atoms with van der Waals surface area (Å²) < 4.78 is 1.97. The summed E-state index contributed by atoms with van der Waals surface area (Å²) >= 11 is 0. The summed E-state index contributed by atoms with van der Waals surface area (Å²) in [7, 11) is 2.01. The molecule has 1 unspecified atom stereocenters. The molecular formula is C20H39IN6. The molecule has 0 aliphatic carbocycles. The van der Waals surface area contributed by atoms with Gasteiger partial charge in [0, 0.05) is 31.9 Å². The Balaban J connectivity index is 0.00000364. The largest absolute Gasteiger partial charge is 0.357 e. The molecule has 1 aliphatic heterocycles. The number of halogens is 1. The van der Waals surface area contributed by atoms with Gasteiger partial charge in [-0.2, -0.15) is 5.10 Å². The summed E-state index contributed by atoms with van der Waals surface area (Å²) in [6.45, 7) is 13.8. The molecular weight excluding hydrogens is 451 g/mol. The van der Waals surface area contributed by atoms with Gasteiger partial charge in [0.1, 0.15) is 0 Å². The van der Waals surface area contributed by atoms with Crippen molar-refractivity contribution in [3.8, 4) is 0 Å². The number of likely N-dealkylation sites (tertiary alicyclic amines) is 1. The summed E-state index contributed by atoms with van der Waals surface area (Å²) in [6.07, 6.45) is 6.40. The number of hydrogen-bond acceptors (Lipinski definition) is 3. The molecule has 1 aromatic heterocycles. The monoisotopic (exact) mass is 490 g/mol. The Labute approximate surface area is 182 Å². The van der Waals surface area contributed by atoms with Crippen molar-refractivity contribution in [3.05, 3.63) is 17.0 Å². The van der Waals surface area contributed by atoms with Crippen LogP contribution in [0.5, 0.6) is 0 Å². The third-order valence-corrected chi connectivity index (χ3v) is 5.28. The maximum absolute atomic E-state index is 4.80. The number of guanidine groups is 1. The Hall–Kier alpha value is -0.830. The van der Waals surface area contributed by atoms with Crippen molar-refractivity contribution in [1.82, 2.24) is 25.3 Å². The minimum Gasteiger partial charge on any atom is -0.357 e. The molecule has 2 rings (SSSR count). The Morgan fingerprint density at radius 3 is 2.41 bits per heavy atom. The minimum atomic E-state index is 0. The van der Waals surface area contributed by atoms with Gasteiger partial charge in [-0.3, -0.25) is 9.67 Å². The molecule has 6 nitrogen and oxygen atoms in total. The van der Waals surface area contributed by atoms with Crippen molar-refractivity contribution in [1.29, 1.82) is 0 Å². The Morgan fingerprint density at radius 2 is 1.85 bits per heavy atom. The van der Waals surface area contributed by atoms with Gasteiger partial charge in [-0.25, -0.2) is 0 Å². The zero-order chi connectivity index (χ0) is 18.9. The molecule has 2 heterocycles. The van der Waals surface area contributed by atoms with Gasteiger partial charge in [0.2, 0.25) is 0 Å². The third kappa shape index (κ3) is 7.97. The molecule has 1 fully saturated rings. The molecule has 27 heavy (non-hydrogen) atoms. The van der Waals surface area contributed by atoms with Gasteiger partial charge < -0.3 is 15.5 Å². The van der Waals surface area contributed by atoms with Crippen LogP contribution in [0.3, 0.4) is 0 Å². The fourth-order valence-electron chi connectivity index (χ4n) is 3.69. The molecule has 0 spiro atoms. The van der Waals surface area contributed by atoms with Crippen molar-refractivity contribution in [2.45, 2.75) is 65.8 Å². The molecule has 0 aromatic carbocycles. The SMILES string of the molecule is CCNC(=NCCN1CCCCCC1)NC(C)Cc1c(C)nn(C)c1C.I. The van der Waals surface area contributed by atoms with Gasteiger partial charge in [-0.15, -0.1) is 24.0 Å². The van der Waals surface area contributed by atoms with Crippen LogP contribution in [-0.2, 0) is 13.5 Å². The molecule has 0 saturated carbocycles. The number of nitrogens with one attached hydrogen (secondary N) is 2. The quantitative estimate of drug-likeness (QED) is 0.351. The van der Waals surface area contributed by atoms with E-state index in [-0.39, 0.29) is 24.0 Å². The molecule has 7 heteroatoms. The highest BCUT2D eigenvalue weighted by Gasteiger charge is 2.14. The van der Waals surface area contributed by atoms with Crippen molar-refractivity contribution < 1.29 is 0 Å². The molecule has 1 saturated heterocycles. The first-order valence-electron chi connectivity index (χ1n) is 10.3. The second-order valence-corrected chi connectivity index (χ2v) is 7.54. The van der Waals surface area contributed by atoms with Crippen molar-refractivity contribution in [2.24, 2.45) is 12.0 Å². The Bertz CT molecular complexity index is 575.